The molecule has 12 heavy (non-hydrogen) atoms. The SMILES string of the molecule is COc1nnc(C)c(C=O)c1Cl. The summed E-state index contributed by atoms with van der Waals surface area (Å²) < 4.78 is 4.78. The van der Waals surface area contributed by atoms with Crippen LogP contribution >= 0.6 is 11.6 Å². The molecule has 0 N–H and O–H groups in total. The molecule has 1 heterocycles. The smallest absolute Gasteiger partial charge is 0.252 e. The van der Waals surface area contributed by atoms with Gasteiger partial charge in [0, 0.05) is 0 Å². The molecule has 4 nitrogen and oxygen atoms in total. The van der Waals surface area contributed by atoms with Crippen LogP contribution in [0.5, 0.6) is 5.88 Å². The van der Waals surface area contributed by atoms with Crippen LogP contribution in [0.1, 0.15) is 16.1 Å². The van der Waals surface area contributed by atoms with Gasteiger partial charge in [0.2, 0.25) is 0 Å². The van der Waals surface area contributed by atoms with E-state index in [9.17, 15) is 4.79 Å². The molecule has 0 aliphatic carbocycles. The van der Waals surface area contributed by atoms with Crippen molar-refractivity contribution in [3.63, 3.8) is 0 Å². The molecule has 0 saturated carbocycles. The number of hydrogen-bond acceptors (Lipinski definition) is 4. The first-order valence-electron chi connectivity index (χ1n) is 3.22. The maximum absolute atomic E-state index is 10.5. The van der Waals surface area contributed by atoms with Crippen molar-refractivity contribution in [1.29, 1.82) is 0 Å². The number of aryl methyl sites for hydroxylation is 1. The third-order valence-corrected chi connectivity index (χ3v) is 1.78. The number of aromatic nitrogens is 2. The van der Waals surface area contributed by atoms with Crippen LogP contribution in [0.3, 0.4) is 0 Å². The fraction of sp³-hybridized carbons (Fsp3) is 0.286. The molecule has 64 valence electrons. The van der Waals surface area contributed by atoms with E-state index in [1.54, 1.807) is 6.92 Å². The first-order valence-corrected chi connectivity index (χ1v) is 3.60. The van der Waals surface area contributed by atoms with Gasteiger partial charge in [-0.15, -0.1) is 5.10 Å². The number of halogens is 1. The number of rotatable bonds is 2. The van der Waals surface area contributed by atoms with Gasteiger partial charge in [0.05, 0.1) is 18.4 Å². The Hall–Kier alpha value is -1.16. The maximum Gasteiger partial charge on any atom is 0.252 e. The van der Waals surface area contributed by atoms with Crippen molar-refractivity contribution in [3.05, 3.63) is 16.3 Å². The molecule has 0 spiro atoms. The van der Waals surface area contributed by atoms with Gasteiger partial charge in [0.25, 0.3) is 5.88 Å². The van der Waals surface area contributed by atoms with Crippen LogP contribution < -0.4 is 4.74 Å². The lowest BCUT2D eigenvalue weighted by Gasteiger charge is -2.03. The summed E-state index contributed by atoms with van der Waals surface area (Å²) in [6, 6.07) is 0. The normalized spacial score (nSPS) is 9.58. The second kappa shape index (κ2) is 3.49. The van der Waals surface area contributed by atoms with Gasteiger partial charge < -0.3 is 4.74 Å². The molecule has 1 rings (SSSR count). The standard InChI is InChI=1S/C7H7ClN2O2/c1-4-5(3-11)6(8)7(12-2)10-9-4/h3H,1-2H3. The molecule has 5 heteroatoms. The molecule has 0 atom stereocenters. The zero-order chi connectivity index (χ0) is 9.14. The van der Waals surface area contributed by atoms with Gasteiger partial charge in [-0.1, -0.05) is 11.6 Å². The fourth-order valence-corrected chi connectivity index (χ4v) is 1.06. The van der Waals surface area contributed by atoms with Gasteiger partial charge >= 0.3 is 0 Å². The van der Waals surface area contributed by atoms with Gasteiger partial charge in [0.1, 0.15) is 5.02 Å². The number of methoxy groups -OCH3 is 1. The van der Waals surface area contributed by atoms with Crippen LogP contribution in [0, 0.1) is 6.92 Å². The highest BCUT2D eigenvalue weighted by Gasteiger charge is 2.11. The molecule has 0 radical (unpaired) electrons. The van der Waals surface area contributed by atoms with Crippen molar-refractivity contribution in [1.82, 2.24) is 10.2 Å². The highest BCUT2D eigenvalue weighted by molar-refractivity contribution is 6.34. The molecule has 0 aromatic carbocycles. The van der Waals surface area contributed by atoms with Crippen LogP contribution in [0.4, 0.5) is 0 Å². The molecule has 0 aliphatic heterocycles. The summed E-state index contributed by atoms with van der Waals surface area (Å²) in [5.41, 5.74) is 0.819. The van der Waals surface area contributed by atoms with Gasteiger partial charge in [-0.25, -0.2) is 0 Å². The summed E-state index contributed by atoms with van der Waals surface area (Å²) >= 11 is 5.76. The van der Waals surface area contributed by atoms with E-state index in [1.165, 1.54) is 7.11 Å². The predicted octanol–water partition coefficient (Wildman–Crippen LogP) is 1.26. The van der Waals surface area contributed by atoms with Gasteiger partial charge in [-0.3, -0.25) is 4.79 Å². The van der Waals surface area contributed by atoms with E-state index < -0.39 is 0 Å². The van der Waals surface area contributed by atoms with E-state index in [2.05, 4.69) is 10.2 Å². The lowest BCUT2D eigenvalue weighted by molar-refractivity contribution is 0.112. The topological polar surface area (TPSA) is 52.1 Å². The molecule has 1 aromatic heterocycles. The molecule has 0 saturated heterocycles. The van der Waals surface area contributed by atoms with Crippen LogP contribution in [0.15, 0.2) is 0 Å². The van der Waals surface area contributed by atoms with E-state index >= 15 is 0 Å². The number of aldehydes is 1. The third kappa shape index (κ3) is 1.38. The highest BCUT2D eigenvalue weighted by Crippen LogP contribution is 2.24. The Morgan fingerprint density at radius 1 is 1.50 bits per heavy atom. The van der Waals surface area contributed by atoms with Gasteiger partial charge in [0.15, 0.2) is 6.29 Å². The van der Waals surface area contributed by atoms with Crippen LogP contribution in [0.25, 0.3) is 0 Å². The first kappa shape index (κ1) is 8.93. The second-order valence-electron chi connectivity index (χ2n) is 2.14. The number of nitrogens with zero attached hydrogens (tertiary/aromatic N) is 2. The molecule has 1 aromatic rings. The molecular formula is C7H7ClN2O2. The fourth-order valence-electron chi connectivity index (χ4n) is 0.760. The summed E-state index contributed by atoms with van der Waals surface area (Å²) in [7, 11) is 1.42. The Bertz CT molecular complexity index is 315. The summed E-state index contributed by atoms with van der Waals surface area (Å²) in [5.74, 6) is 0.171. The zero-order valence-electron chi connectivity index (χ0n) is 6.67. The second-order valence-corrected chi connectivity index (χ2v) is 2.52. The predicted molar refractivity (Wildman–Crippen MR) is 43.7 cm³/mol. The highest BCUT2D eigenvalue weighted by atomic mass is 35.5. The Kier molecular flexibility index (Phi) is 2.60. The molecule has 0 amide bonds. The largest absolute Gasteiger partial charge is 0.479 e. The van der Waals surface area contributed by atoms with Crippen LogP contribution in [-0.4, -0.2) is 23.6 Å². The van der Waals surface area contributed by atoms with Crippen molar-refractivity contribution in [2.24, 2.45) is 0 Å². The van der Waals surface area contributed by atoms with Crippen LogP contribution in [0.2, 0.25) is 5.02 Å². The minimum absolute atomic E-state index is 0.171. The van der Waals surface area contributed by atoms with Crippen molar-refractivity contribution in [2.75, 3.05) is 7.11 Å². The zero-order valence-corrected chi connectivity index (χ0v) is 7.42. The monoisotopic (exact) mass is 186 g/mol. The summed E-state index contributed by atoms with van der Waals surface area (Å²) in [6.07, 6.45) is 0.634. The summed E-state index contributed by atoms with van der Waals surface area (Å²) in [6.45, 7) is 1.65. The van der Waals surface area contributed by atoms with E-state index in [4.69, 9.17) is 16.3 Å². The Labute approximate surface area is 74.5 Å². The number of hydrogen-bond donors (Lipinski definition) is 0. The Morgan fingerprint density at radius 3 is 2.67 bits per heavy atom. The number of ether oxygens (including phenoxy) is 1. The lowest BCUT2D eigenvalue weighted by Crippen LogP contribution is -1.99. The lowest BCUT2D eigenvalue weighted by atomic mass is 10.2. The van der Waals surface area contributed by atoms with E-state index in [-0.39, 0.29) is 10.9 Å². The summed E-state index contributed by atoms with van der Waals surface area (Å²) in [5, 5.41) is 7.54. The Balaban J connectivity index is 3.33. The van der Waals surface area contributed by atoms with Crippen molar-refractivity contribution >= 4 is 17.9 Å². The third-order valence-electron chi connectivity index (χ3n) is 1.42. The summed E-state index contributed by atoms with van der Waals surface area (Å²) in [4.78, 5) is 10.5. The molecule has 0 unspecified atom stereocenters. The number of carbonyl (C=O) groups is 1. The van der Waals surface area contributed by atoms with Gasteiger partial charge in [-0.05, 0) is 6.92 Å². The van der Waals surface area contributed by atoms with E-state index in [0.29, 0.717) is 17.5 Å². The van der Waals surface area contributed by atoms with Crippen molar-refractivity contribution in [3.8, 4) is 5.88 Å². The maximum atomic E-state index is 10.5. The molecule has 0 aliphatic rings. The average molecular weight is 187 g/mol. The minimum atomic E-state index is 0.171. The molecular weight excluding hydrogens is 180 g/mol. The number of carbonyl (C=O) groups excluding carboxylic acids is 1. The Morgan fingerprint density at radius 2 is 2.17 bits per heavy atom. The van der Waals surface area contributed by atoms with E-state index in [1.807, 2.05) is 0 Å². The van der Waals surface area contributed by atoms with Gasteiger partial charge in [-0.2, -0.15) is 5.10 Å². The van der Waals surface area contributed by atoms with E-state index in [0.717, 1.165) is 0 Å². The average Bonchev–Trinajstić information content (AvgIpc) is 2.06. The van der Waals surface area contributed by atoms with Crippen molar-refractivity contribution < 1.29 is 9.53 Å². The van der Waals surface area contributed by atoms with Crippen molar-refractivity contribution in [2.45, 2.75) is 6.92 Å². The molecule has 0 bridgehead atoms. The molecule has 0 fully saturated rings. The quantitative estimate of drug-likeness (QED) is 0.653. The minimum Gasteiger partial charge on any atom is -0.479 e. The van der Waals surface area contributed by atoms with Crippen LogP contribution in [-0.2, 0) is 0 Å². The first-order chi connectivity index (χ1) is 5.70.